The molecule has 0 aliphatic carbocycles. The molecule has 1 fully saturated rings. The van der Waals surface area contributed by atoms with Crippen LogP contribution in [0, 0.1) is 5.92 Å². The molecule has 1 saturated heterocycles. The average Bonchev–Trinajstić information content (AvgIpc) is 3.18. The second-order valence-electron chi connectivity index (χ2n) is 9.78. The van der Waals surface area contributed by atoms with E-state index in [4.69, 9.17) is 4.74 Å². The summed E-state index contributed by atoms with van der Waals surface area (Å²) in [6.45, 7) is 4.09. The summed E-state index contributed by atoms with van der Waals surface area (Å²) in [5.41, 5.74) is 5.43. The molecule has 0 atom stereocenters. The number of aryl methyl sites for hydroxylation is 1. The average molecular weight is 483 g/mol. The molecule has 0 spiro atoms. The van der Waals surface area contributed by atoms with Crippen molar-refractivity contribution in [3.63, 3.8) is 0 Å². The van der Waals surface area contributed by atoms with Crippen molar-refractivity contribution >= 4 is 29.8 Å². The summed E-state index contributed by atoms with van der Waals surface area (Å²) in [6.07, 6.45) is 7.34. The summed E-state index contributed by atoms with van der Waals surface area (Å²) in [5, 5.41) is 0. The van der Waals surface area contributed by atoms with Crippen LogP contribution >= 0.6 is 12.4 Å². The minimum atomic E-state index is 0. The highest BCUT2D eigenvalue weighted by Gasteiger charge is 2.33. The summed E-state index contributed by atoms with van der Waals surface area (Å²) >= 11 is 0. The number of ketones is 1. The predicted molar refractivity (Wildman–Crippen MR) is 137 cm³/mol. The molecule has 34 heavy (non-hydrogen) atoms. The number of rotatable bonds is 8. The monoisotopic (exact) mass is 482 g/mol. The molecule has 0 aromatic heterocycles. The molecule has 0 radical (unpaired) electrons. The van der Waals surface area contributed by atoms with Gasteiger partial charge in [0, 0.05) is 25.1 Å². The van der Waals surface area contributed by atoms with Crippen LogP contribution in [0.4, 0.5) is 5.69 Å². The van der Waals surface area contributed by atoms with Gasteiger partial charge in [0.05, 0.1) is 19.2 Å². The fourth-order valence-electron chi connectivity index (χ4n) is 5.81. The Balaban J connectivity index is 0.00000274. The molecule has 0 bridgehead atoms. The highest BCUT2D eigenvalue weighted by molar-refractivity contribution is 6.05. The first-order valence-electron chi connectivity index (χ1n) is 12.5. The second kappa shape index (κ2) is 10.9. The number of carbonyl (C=O) groups excluding carboxylic acids is 2. The summed E-state index contributed by atoms with van der Waals surface area (Å²) < 4.78 is 5.48. The van der Waals surface area contributed by atoms with Crippen molar-refractivity contribution in [2.75, 3.05) is 38.2 Å². The Kier molecular flexibility index (Phi) is 7.95. The maximum Gasteiger partial charge on any atom is 0.231 e. The van der Waals surface area contributed by atoms with Crippen LogP contribution in [0.15, 0.2) is 36.4 Å². The number of amides is 1. The van der Waals surface area contributed by atoms with Gasteiger partial charge in [0.1, 0.15) is 5.75 Å². The van der Waals surface area contributed by atoms with Gasteiger partial charge in [-0.15, -0.1) is 12.4 Å². The molecule has 5 nitrogen and oxygen atoms in total. The van der Waals surface area contributed by atoms with Gasteiger partial charge >= 0.3 is 0 Å². The molecule has 0 saturated carbocycles. The minimum absolute atomic E-state index is 0. The number of hydrogen-bond acceptors (Lipinski definition) is 4. The standard InChI is InChI=1S/C28H34N2O3.ClH/c1-33-26-7-3-2-5-21(26)12-16-29-14-10-20(11-15-29)8-9-25(31)23-17-22-6-4-13-30-27(32)19-24(18-23)28(22)30;/h2-3,5,7,17-18,20H,4,6,8-16,19H2,1H3;1H. The van der Waals surface area contributed by atoms with E-state index in [1.54, 1.807) is 7.11 Å². The van der Waals surface area contributed by atoms with E-state index in [1.807, 2.05) is 23.1 Å². The fourth-order valence-corrected chi connectivity index (χ4v) is 5.81. The molecule has 2 aromatic carbocycles. The number of halogens is 1. The number of likely N-dealkylation sites (tertiary alicyclic amines) is 1. The molecule has 0 unspecified atom stereocenters. The normalized spacial score (nSPS) is 17.9. The van der Waals surface area contributed by atoms with Crippen LogP contribution < -0.4 is 9.64 Å². The quantitative estimate of drug-likeness (QED) is 0.504. The molecule has 182 valence electrons. The zero-order valence-electron chi connectivity index (χ0n) is 20.1. The van der Waals surface area contributed by atoms with Gasteiger partial charge in [-0.05, 0) is 92.4 Å². The van der Waals surface area contributed by atoms with E-state index in [2.05, 4.69) is 23.1 Å². The Morgan fingerprint density at radius 3 is 2.65 bits per heavy atom. The van der Waals surface area contributed by atoms with Crippen molar-refractivity contribution < 1.29 is 14.3 Å². The minimum Gasteiger partial charge on any atom is -0.496 e. The molecule has 3 aliphatic heterocycles. The molecule has 3 aliphatic rings. The third kappa shape index (κ3) is 5.16. The number of nitrogens with zero attached hydrogens (tertiary/aromatic N) is 2. The van der Waals surface area contributed by atoms with E-state index >= 15 is 0 Å². The van der Waals surface area contributed by atoms with E-state index in [9.17, 15) is 9.59 Å². The van der Waals surface area contributed by atoms with Crippen LogP contribution in [0.5, 0.6) is 5.75 Å². The first kappa shape index (κ1) is 24.7. The second-order valence-corrected chi connectivity index (χ2v) is 9.78. The summed E-state index contributed by atoms with van der Waals surface area (Å²) in [6, 6.07) is 12.3. The van der Waals surface area contributed by atoms with Crippen molar-refractivity contribution in [3.05, 3.63) is 58.7 Å². The number of piperidine rings is 1. The van der Waals surface area contributed by atoms with Crippen LogP contribution in [0.1, 0.15) is 59.2 Å². The molecular weight excluding hydrogens is 448 g/mol. The predicted octanol–water partition coefficient (Wildman–Crippen LogP) is 4.87. The van der Waals surface area contributed by atoms with E-state index in [-0.39, 0.29) is 24.1 Å². The van der Waals surface area contributed by atoms with Gasteiger partial charge in [-0.25, -0.2) is 0 Å². The number of hydrogen-bond donors (Lipinski definition) is 0. The lowest BCUT2D eigenvalue weighted by atomic mass is 9.89. The summed E-state index contributed by atoms with van der Waals surface area (Å²) in [7, 11) is 1.73. The van der Waals surface area contributed by atoms with Crippen molar-refractivity contribution in [2.24, 2.45) is 5.92 Å². The molecular formula is C28H35ClN2O3. The van der Waals surface area contributed by atoms with Crippen LogP contribution in [0.2, 0.25) is 0 Å². The summed E-state index contributed by atoms with van der Waals surface area (Å²) in [4.78, 5) is 29.7. The first-order chi connectivity index (χ1) is 16.1. The third-order valence-corrected chi connectivity index (χ3v) is 7.71. The Labute approximate surface area is 208 Å². The van der Waals surface area contributed by atoms with E-state index in [0.29, 0.717) is 18.8 Å². The van der Waals surface area contributed by atoms with Crippen LogP contribution in [-0.2, 0) is 24.1 Å². The Morgan fingerprint density at radius 2 is 1.85 bits per heavy atom. The highest BCUT2D eigenvalue weighted by atomic mass is 35.5. The fraction of sp³-hybridized carbons (Fsp3) is 0.500. The summed E-state index contributed by atoms with van der Waals surface area (Å²) in [5.74, 6) is 2.03. The molecule has 1 amide bonds. The smallest absolute Gasteiger partial charge is 0.231 e. The lowest BCUT2D eigenvalue weighted by Crippen LogP contribution is -2.35. The van der Waals surface area contributed by atoms with Crippen molar-refractivity contribution in [3.8, 4) is 5.75 Å². The van der Waals surface area contributed by atoms with E-state index in [1.165, 1.54) is 11.1 Å². The molecule has 5 rings (SSSR count). The van der Waals surface area contributed by atoms with Crippen LogP contribution in [0.3, 0.4) is 0 Å². The number of methoxy groups -OCH3 is 1. The zero-order chi connectivity index (χ0) is 22.8. The first-order valence-corrected chi connectivity index (χ1v) is 12.5. The molecule has 2 aromatic rings. The molecule has 3 heterocycles. The highest BCUT2D eigenvalue weighted by Crippen LogP contribution is 2.38. The van der Waals surface area contributed by atoms with Gasteiger partial charge < -0.3 is 14.5 Å². The Bertz CT molecular complexity index is 1050. The SMILES string of the molecule is COc1ccccc1CCN1CCC(CCC(=O)c2cc3c4c(c2)CC(=O)N4CCC3)CC1.Cl. The zero-order valence-corrected chi connectivity index (χ0v) is 20.9. The van der Waals surface area contributed by atoms with Gasteiger partial charge in [0.2, 0.25) is 5.91 Å². The van der Waals surface area contributed by atoms with Gasteiger partial charge in [-0.1, -0.05) is 18.2 Å². The third-order valence-electron chi connectivity index (χ3n) is 7.71. The van der Waals surface area contributed by atoms with Crippen LogP contribution in [0.25, 0.3) is 0 Å². The number of ether oxygens (including phenoxy) is 1. The lowest BCUT2D eigenvalue weighted by molar-refractivity contribution is -0.117. The van der Waals surface area contributed by atoms with Crippen molar-refractivity contribution in [1.29, 1.82) is 0 Å². The molecule has 0 N–H and O–H groups in total. The Morgan fingerprint density at radius 1 is 1.09 bits per heavy atom. The number of anilines is 1. The molecule has 6 heteroatoms. The van der Waals surface area contributed by atoms with E-state index in [0.717, 1.165) is 87.3 Å². The van der Waals surface area contributed by atoms with Gasteiger partial charge in [-0.3, -0.25) is 9.59 Å². The topological polar surface area (TPSA) is 49.9 Å². The number of para-hydroxylation sites is 1. The maximum absolute atomic E-state index is 13.0. The Hall–Kier alpha value is -2.37. The van der Waals surface area contributed by atoms with Gasteiger partial charge in [-0.2, -0.15) is 0 Å². The maximum atomic E-state index is 13.0. The number of Topliss-reactive ketones (excluding diaryl/α,β-unsaturated/α-hetero) is 1. The number of carbonyl (C=O) groups is 2. The van der Waals surface area contributed by atoms with Crippen LogP contribution in [-0.4, -0.2) is 49.9 Å². The van der Waals surface area contributed by atoms with E-state index < -0.39 is 0 Å². The van der Waals surface area contributed by atoms with Gasteiger partial charge in [0.15, 0.2) is 5.78 Å². The van der Waals surface area contributed by atoms with Crippen molar-refractivity contribution in [1.82, 2.24) is 4.90 Å². The lowest BCUT2D eigenvalue weighted by Gasteiger charge is -2.32. The van der Waals surface area contributed by atoms with Gasteiger partial charge in [0.25, 0.3) is 0 Å². The largest absolute Gasteiger partial charge is 0.496 e. The number of benzene rings is 2. The van der Waals surface area contributed by atoms with Crippen molar-refractivity contribution in [2.45, 2.75) is 51.4 Å².